The highest BCUT2D eigenvalue weighted by molar-refractivity contribution is 5.96. The Morgan fingerprint density at radius 2 is 1.90 bits per heavy atom. The van der Waals surface area contributed by atoms with Gasteiger partial charge in [0.1, 0.15) is 11.3 Å². The highest BCUT2D eigenvalue weighted by Crippen LogP contribution is 2.32. The number of aryl methyl sites for hydroxylation is 1. The number of alkyl halides is 3. The molecule has 0 N–H and O–H groups in total. The third-order valence-corrected chi connectivity index (χ3v) is 5.09. The van der Waals surface area contributed by atoms with Crippen LogP contribution in [0.25, 0.3) is 11.2 Å². The molecule has 2 aromatic heterocycles. The molecule has 1 aromatic carbocycles. The van der Waals surface area contributed by atoms with Crippen molar-refractivity contribution in [3.8, 4) is 0 Å². The molecule has 8 heteroatoms. The molecule has 0 saturated carbocycles. The Morgan fingerprint density at radius 3 is 2.58 bits per heavy atom. The van der Waals surface area contributed by atoms with E-state index in [4.69, 9.17) is 0 Å². The lowest BCUT2D eigenvalue weighted by Gasteiger charge is -2.25. The number of carbonyl (C=O) groups is 1. The molecule has 2 heterocycles. The maximum atomic E-state index is 13.5. The van der Waals surface area contributed by atoms with Crippen molar-refractivity contribution in [3.63, 3.8) is 0 Å². The van der Waals surface area contributed by atoms with Crippen LogP contribution in [-0.2, 0) is 19.3 Å². The van der Waals surface area contributed by atoms with Gasteiger partial charge in [-0.25, -0.2) is 9.97 Å². The Morgan fingerprint density at radius 1 is 1.16 bits per heavy atom. The van der Waals surface area contributed by atoms with Gasteiger partial charge in [0, 0.05) is 19.3 Å². The number of pyridine rings is 1. The van der Waals surface area contributed by atoms with Gasteiger partial charge in [-0.3, -0.25) is 4.79 Å². The lowest BCUT2D eigenvalue weighted by atomic mass is 10.0. The Balaban J connectivity index is 2.01. The van der Waals surface area contributed by atoms with Crippen LogP contribution in [0.15, 0.2) is 42.6 Å². The van der Waals surface area contributed by atoms with Gasteiger partial charge in [-0.15, -0.1) is 0 Å². The molecule has 3 aromatic rings. The summed E-state index contributed by atoms with van der Waals surface area (Å²) in [5.41, 5.74) is 0.164. The minimum Gasteiger partial charge on any atom is -0.331 e. The number of rotatable bonds is 8. The number of benzene rings is 1. The standard InChI is InChI=1S/C23H27F3N4O/c1-4-13-30-20(28-19-10-7-12-27-21(19)30)15-29(14-11-16(2)3)22(31)17-8-5-6-9-18(17)23(24,25)26/h5-10,12,16H,4,11,13-15H2,1-3H3. The topological polar surface area (TPSA) is 51.0 Å². The summed E-state index contributed by atoms with van der Waals surface area (Å²) >= 11 is 0. The van der Waals surface area contributed by atoms with E-state index in [1.54, 1.807) is 12.3 Å². The molecule has 0 aliphatic carbocycles. The molecule has 0 atom stereocenters. The SMILES string of the molecule is CCCn1c(CN(CCC(C)C)C(=O)c2ccccc2C(F)(F)F)nc2cccnc21. The molecule has 0 radical (unpaired) electrons. The van der Waals surface area contributed by atoms with Gasteiger partial charge in [0.2, 0.25) is 0 Å². The third-order valence-electron chi connectivity index (χ3n) is 5.09. The fourth-order valence-electron chi connectivity index (χ4n) is 3.51. The Hall–Kier alpha value is -2.90. The molecule has 3 rings (SSSR count). The number of imidazole rings is 1. The van der Waals surface area contributed by atoms with Crippen LogP contribution in [0.3, 0.4) is 0 Å². The maximum absolute atomic E-state index is 13.5. The molecule has 0 spiro atoms. The second kappa shape index (κ2) is 9.49. The highest BCUT2D eigenvalue weighted by Gasteiger charge is 2.36. The zero-order valence-electron chi connectivity index (χ0n) is 18.0. The average Bonchev–Trinajstić information content (AvgIpc) is 3.07. The Labute approximate surface area is 179 Å². The van der Waals surface area contributed by atoms with Crippen molar-refractivity contribution in [1.29, 1.82) is 0 Å². The summed E-state index contributed by atoms with van der Waals surface area (Å²) in [5, 5.41) is 0. The lowest BCUT2D eigenvalue weighted by Crippen LogP contribution is -2.34. The van der Waals surface area contributed by atoms with Crippen molar-refractivity contribution in [2.75, 3.05) is 6.54 Å². The number of aromatic nitrogens is 3. The number of fused-ring (bicyclic) bond motifs is 1. The van der Waals surface area contributed by atoms with Crippen molar-refractivity contribution in [1.82, 2.24) is 19.4 Å². The molecule has 31 heavy (non-hydrogen) atoms. The van der Waals surface area contributed by atoms with Crippen LogP contribution in [0.4, 0.5) is 13.2 Å². The van der Waals surface area contributed by atoms with Crippen molar-refractivity contribution in [2.45, 2.75) is 52.9 Å². The number of amides is 1. The van der Waals surface area contributed by atoms with Crippen LogP contribution in [-0.4, -0.2) is 31.9 Å². The van der Waals surface area contributed by atoms with Gasteiger partial charge >= 0.3 is 6.18 Å². The van der Waals surface area contributed by atoms with Crippen molar-refractivity contribution in [3.05, 3.63) is 59.5 Å². The van der Waals surface area contributed by atoms with E-state index < -0.39 is 17.6 Å². The highest BCUT2D eigenvalue weighted by atomic mass is 19.4. The Kier molecular flexibility index (Phi) is 6.97. The molecule has 166 valence electrons. The van der Waals surface area contributed by atoms with Gasteiger partial charge in [-0.05, 0) is 43.0 Å². The number of hydrogen-bond acceptors (Lipinski definition) is 3. The van der Waals surface area contributed by atoms with E-state index in [1.807, 2.05) is 31.4 Å². The van der Waals surface area contributed by atoms with Crippen LogP contribution in [0.5, 0.6) is 0 Å². The van der Waals surface area contributed by atoms with E-state index >= 15 is 0 Å². The predicted octanol–water partition coefficient (Wildman–Crippen LogP) is 5.55. The number of nitrogens with zero attached hydrogens (tertiary/aromatic N) is 4. The van der Waals surface area contributed by atoms with Gasteiger partial charge in [-0.1, -0.05) is 32.9 Å². The van der Waals surface area contributed by atoms with Crippen LogP contribution in [0.1, 0.15) is 55.4 Å². The van der Waals surface area contributed by atoms with Crippen LogP contribution in [0, 0.1) is 5.92 Å². The summed E-state index contributed by atoms with van der Waals surface area (Å²) in [6, 6.07) is 8.58. The van der Waals surface area contributed by atoms with Crippen LogP contribution in [0.2, 0.25) is 0 Å². The molecule has 0 saturated heterocycles. The summed E-state index contributed by atoms with van der Waals surface area (Å²) in [4.78, 5) is 23.8. The summed E-state index contributed by atoms with van der Waals surface area (Å²) in [6.07, 6.45) is -1.41. The summed E-state index contributed by atoms with van der Waals surface area (Å²) in [6.45, 7) is 7.18. The molecule has 0 bridgehead atoms. The molecule has 1 amide bonds. The third kappa shape index (κ3) is 5.24. The number of halogens is 3. The van der Waals surface area contributed by atoms with Crippen LogP contribution >= 0.6 is 0 Å². The molecule has 5 nitrogen and oxygen atoms in total. The van der Waals surface area contributed by atoms with E-state index in [1.165, 1.54) is 23.1 Å². The molecule has 0 fully saturated rings. The minimum absolute atomic E-state index is 0.119. The van der Waals surface area contributed by atoms with Crippen LogP contribution < -0.4 is 0 Å². The fourth-order valence-corrected chi connectivity index (χ4v) is 3.51. The zero-order valence-corrected chi connectivity index (χ0v) is 18.0. The zero-order chi connectivity index (χ0) is 22.6. The van der Waals surface area contributed by atoms with E-state index in [2.05, 4.69) is 9.97 Å². The summed E-state index contributed by atoms with van der Waals surface area (Å²) in [5.74, 6) is 0.276. The lowest BCUT2D eigenvalue weighted by molar-refractivity contribution is -0.138. The first-order valence-corrected chi connectivity index (χ1v) is 10.5. The van der Waals surface area contributed by atoms with Crippen molar-refractivity contribution >= 4 is 17.1 Å². The van der Waals surface area contributed by atoms with Gasteiger partial charge in [0.15, 0.2) is 5.65 Å². The van der Waals surface area contributed by atoms with Gasteiger partial charge in [-0.2, -0.15) is 13.2 Å². The van der Waals surface area contributed by atoms with E-state index in [0.717, 1.165) is 12.5 Å². The first-order chi connectivity index (χ1) is 14.7. The fraction of sp³-hybridized carbons (Fsp3) is 0.435. The first kappa shape index (κ1) is 22.8. The summed E-state index contributed by atoms with van der Waals surface area (Å²) < 4.78 is 42.5. The van der Waals surface area contributed by atoms with Gasteiger partial charge in [0.25, 0.3) is 5.91 Å². The monoisotopic (exact) mass is 432 g/mol. The molecule has 0 aliphatic rings. The minimum atomic E-state index is -4.60. The Bertz CT molecular complexity index is 1040. The van der Waals surface area contributed by atoms with E-state index in [0.29, 0.717) is 42.4 Å². The van der Waals surface area contributed by atoms with Gasteiger partial charge in [0.05, 0.1) is 17.7 Å². The van der Waals surface area contributed by atoms with Crippen molar-refractivity contribution in [2.24, 2.45) is 5.92 Å². The predicted molar refractivity (Wildman–Crippen MR) is 113 cm³/mol. The van der Waals surface area contributed by atoms with E-state index in [9.17, 15) is 18.0 Å². The molecule has 0 unspecified atom stereocenters. The second-order valence-electron chi connectivity index (χ2n) is 7.98. The average molecular weight is 432 g/mol. The molecule has 0 aliphatic heterocycles. The first-order valence-electron chi connectivity index (χ1n) is 10.5. The number of hydrogen-bond donors (Lipinski definition) is 0. The largest absolute Gasteiger partial charge is 0.417 e. The molecular formula is C23H27F3N4O. The van der Waals surface area contributed by atoms with Crippen molar-refractivity contribution < 1.29 is 18.0 Å². The number of carbonyl (C=O) groups excluding carboxylic acids is 1. The second-order valence-corrected chi connectivity index (χ2v) is 7.98. The smallest absolute Gasteiger partial charge is 0.331 e. The van der Waals surface area contributed by atoms with E-state index in [-0.39, 0.29) is 12.1 Å². The normalized spacial score (nSPS) is 12.0. The maximum Gasteiger partial charge on any atom is 0.417 e. The molecular weight excluding hydrogens is 405 g/mol. The van der Waals surface area contributed by atoms with Gasteiger partial charge < -0.3 is 9.47 Å². The summed E-state index contributed by atoms with van der Waals surface area (Å²) in [7, 11) is 0. The quantitative estimate of drug-likeness (QED) is 0.469.